The number of nitrogens with one attached hydrogen (secondary N) is 1. The van der Waals surface area contributed by atoms with E-state index in [1.165, 1.54) is 33.0 Å². The van der Waals surface area contributed by atoms with Gasteiger partial charge in [-0.05, 0) is 33.0 Å². The smallest absolute Gasteiger partial charge is 0.0608 e. The first-order valence-corrected chi connectivity index (χ1v) is 10.5. The van der Waals surface area contributed by atoms with Gasteiger partial charge < -0.3 is 5.32 Å². The molecule has 1 heterocycles. The van der Waals surface area contributed by atoms with Crippen molar-refractivity contribution in [3.05, 3.63) is 108 Å². The molecule has 0 radical (unpaired) electrons. The van der Waals surface area contributed by atoms with Crippen molar-refractivity contribution in [2.24, 2.45) is 0 Å². The van der Waals surface area contributed by atoms with Gasteiger partial charge in [0.25, 0.3) is 0 Å². The Morgan fingerprint density at radius 3 is 2.07 bits per heavy atom. The molecule has 4 aromatic carbocycles. The molecule has 0 spiro atoms. The maximum atomic E-state index is 3.50. The van der Waals surface area contributed by atoms with Gasteiger partial charge >= 0.3 is 0 Å². The van der Waals surface area contributed by atoms with Crippen molar-refractivity contribution in [3.8, 4) is 11.1 Å². The molecule has 0 amide bonds. The lowest BCUT2D eigenvalue weighted by Crippen LogP contribution is -2.45. The fourth-order valence-corrected chi connectivity index (χ4v) is 4.50. The Morgan fingerprint density at radius 1 is 0.621 bits per heavy atom. The minimum Gasteiger partial charge on any atom is -0.314 e. The third-order valence-electron chi connectivity index (χ3n) is 5.97. The Hall–Kier alpha value is -2.94. The van der Waals surface area contributed by atoms with E-state index in [9.17, 15) is 0 Å². The highest BCUT2D eigenvalue weighted by atomic mass is 15.2. The van der Waals surface area contributed by atoms with E-state index in [2.05, 4.69) is 107 Å². The Balaban J connectivity index is 1.59. The molecule has 29 heavy (non-hydrogen) atoms. The topological polar surface area (TPSA) is 15.3 Å². The van der Waals surface area contributed by atoms with Crippen LogP contribution in [0.2, 0.25) is 0 Å². The number of nitrogens with zero attached hydrogens (tertiary/aromatic N) is 1. The highest BCUT2D eigenvalue weighted by molar-refractivity contribution is 5.86. The summed E-state index contributed by atoms with van der Waals surface area (Å²) >= 11 is 0. The van der Waals surface area contributed by atoms with Gasteiger partial charge in [0.2, 0.25) is 0 Å². The second kappa shape index (κ2) is 8.20. The molecule has 1 atom stereocenters. The predicted molar refractivity (Wildman–Crippen MR) is 122 cm³/mol. The summed E-state index contributed by atoms with van der Waals surface area (Å²) < 4.78 is 0. The van der Waals surface area contributed by atoms with Crippen molar-refractivity contribution in [1.29, 1.82) is 0 Å². The first kappa shape index (κ1) is 18.1. The number of hydrogen-bond donors (Lipinski definition) is 1. The van der Waals surface area contributed by atoms with Crippen molar-refractivity contribution in [2.75, 3.05) is 26.2 Å². The Morgan fingerprint density at radius 2 is 1.28 bits per heavy atom. The molecular formula is C27H26N2. The van der Waals surface area contributed by atoms with E-state index >= 15 is 0 Å². The fourth-order valence-electron chi connectivity index (χ4n) is 4.50. The summed E-state index contributed by atoms with van der Waals surface area (Å²) in [6.07, 6.45) is 0. The monoisotopic (exact) mass is 378 g/mol. The van der Waals surface area contributed by atoms with Crippen LogP contribution in [0.5, 0.6) is 0 Å². The average Bonchev–Trinajstić information content (AvgIpc) is 2.81. The number of fused-ring (bicyclic) bond motifs is 1. The zero-order chi connectivity index (χ0) is 19.5. The number of piperazine rings is 1. The Bertz CT molecular complexity index is 1080. The van der Waals surface area contributed by atoms with Crippen LogP contribution in [-0.4, -0.2) is 31.1 Å². The maximum Gasteiger partial charge on any atom is 0.0608 e. The Kier molecular flexibility index (Phi) is 5.12. The quantitative estimate of drug-likeness (QED) is 0.504. The van der Waals surface area contributed by atoms with E-state index in [4.69, 9.17) is 0 Å². The zero-order valence-electron chi connectivity index (χ0n) is 16.6. The van der Waals surface area contributed by atoms with Crippen LogP contribution in [0.4, 0.5) is 0 Å². The van der Waals surface area contributed by atoms with E-state index in [1.807, 2.05) is 0 Å². The van der Waals surface area contributed by atoms with Crippen LogP contribution >= 0.6 is 0 Å². The average molecular weight is 379 g/mol. The summed E-state index contributed by atoms with van der Waals surface area (Å²) in [7, 11) is 0. The minimum absolute atomic E-state index is 0.271. The lowest BCUT2D eigenvalue weighted by molar-refractivity contribution is 0.199. The molecule has 2 nitrogen and oxygen atoms in total. The summed E-state index contributed by atoms with van der Waals surface area (Å²) in [4.78, 5) is 2.62. The van der Waals surface area contributed by atoms with E-state index in [-0.39, 0.29) is 6.04 Å². The molecule has 144 valence electrons. The third-order valence-corrected chi connectivity index (χ3v) is 5.97. The van der Waals surface area contributed by atoms with Crippen LogP contribution in [-0.2, 0) is 0 Å². The molecule has 1 aliphatic rings. The normalized spacial score (nSPS) is 16.0. The van der Waals surface area contributed by atoms with Crippen molar-refractivity contribution in [2.45, 2.75) is 6.04 Å². The highest BCUT2D eigenvalue weighted by Gasteiger charge is 2.25. The molecule has 1 fully saturated rings. The lowest BCUT2D eigenvalue weighted by Gasteiger charge is -2.36. The molecule has 2 heteroatoms. The van der Waals surface area contributed by atoms with E-state index in [1.54, 1.807) is 0 Å². The largest absolute Gasteiger partial charge is 0.314 e. The zero-order valence-corrected chi connectivity index (χ0v) is 16.6. The van der Waals surface area contributed by atoms with Crippen molar-refractivity contribution in [3.63, 3.8) is 0 Å². The molecule has 4 aromatic rings. The number of hydrogen-bond acceptors (Lipinski definition) is 2. The van der Waals surface area contributed by atoms with Crippen LogP contribution in [0.1, 0.15) is 17.2 Å². The Labute approximate surface area is 172 Å². The van der Waals surface area contributed by atoms with E-state index < -0.39 is 0 Å². The van der Waals surface area contributed by atoms with Gasteiger partial charge in [-0.15, -0.1) is 0 Å². The first-order chi connectivity index (χ1) is 14.4. The molecule has 0 aromatic heterocycles. The van der Waals surface area contributed by atoms with Gasteiger partial charge in [-0.2, -0.15) is 0 Å². The molecule has 0 saturated carbocycles. The van der Waals surface area contributed by atoms with Crippen molar-refractivity contribution >= 4 is 10.8 Å². The molecule has 0 bridgehead atoms. The number of benzene rings is 4. The van der Waals surface area contributed by atoms with Gasteiger partial charge in [0.1, 0.15) is 0 Å². The van der Waals surface area contributed by atoms with Gasteiger partial charge in [-0.25, -0.2) is 0 Å². The van der Waals surface area contributed by atoms with Gasteiger partial charge in [0.05, 0.1) is 6.04 Å². The van der Waals surface area contributed by atoms with Gasteiger partial charge in [0, 0.05) is 26.2 Å². The molecule has 1 aliphatic heterocycles. The van der Waals surface area contributed by atoms with Crippen molar-refractivity contribution < 1.29 is 0 Å². The van der Waals surface area contributed by atoms with Gasteiger partial charge in [-0.3, -0.25) is 4.90 Å². The van der Waals surface area contributed by atoms with Crippen LogP contribution in [0.25, 0.3) is 21.9 Å². The second-order valence-electron chi connectivity index (χ2n) is 7.74. The third kappa shape index (κ3) is 3.69. The predicted octanol–water partition coefficient (Wildman–Crippen LogP) is 5.50. The van der Waals surface area contributed by atoms with Crippen LogP contribution in [0.3, 0.4) is 0 Å². The first-order valence-electron chi connectivity index (χ1n) is 10.5. The number of rotatable bonds is 4. The molecule has 1 saturated heterocycles. The summed E-state index contributed by atoms with van der Waals surface area (Å²) in [5.41, 5.74) is 5.30. The van der Waals surface area contributed by atoms with Crippen molar-refractivity contribution in [1.82, 2.24) is 10.2 Å². The fraction of sp³-hybridized carbons (Fsp3) is 0.185. The minimum atomic E-state index is 0.271. The molecule has 5 rings (SSSR count). The molecule has 1 unspecified atom stereocenters. The van der Waals surface area contributed by atoms with E-state index in [0.717, 1.165) is 26.2 Å². The summed E-state index contributed by atoms with van der Waals surface area (Å²) in [5.74, 6) is 0. The van der Waals surface area contributed by atoms with Crippen LogP contribution in [0, 0.1) is 0 Å². The van der Waals surface area contributed by atoms with Gasteiger partial charge in [-0.1, -0.05) is 97.1 Å². The SMILES string of the molecule is c1ccc(-c2ccc(C(c3cccc4ccccc34)N3CCNCC3)cc2)cc1. The van der Waals surface area contributed by atoms with E-state index in [0.29, 0.717) is 0 Å². The van der Waals surface area contributed by atoms with Crippen LogP contribution in [0.15, 0.2) is 97.1 Å². The second-order valence-corrected chi connectivity index (χ2v) is 7.74. The maximum absolute atomic E-state index is 3.50. The molecule has 0 aliphatic carbocycles. The van der Waals surface area contributed by atoms with Crippen LogP contribution < -0.4 is 5.32 Å². The summed E-state index contributed by atoms with van der Waals surface area (Å²) in [5, 5.41) is 6.16. The molecule has 1 N–H and O–H groups in total. The van der Waals surface area contributed by atoms with Gasteiger partial charge in [0.15, 0.2) is 0 Å². The highest BCUT2D eigenvalue weighted by Crippen LogP contribution is 2.34. The summed E-state index contributed by atoms with van der Waals surface area (Å²) in [6, 6.07) is 35.5. The molecular weight excluding hydrogens is 352 g/mol. The lowest BCUT2D eigenvalue weighted by atomic mass is 9.91. The summed E-state index contributed by atoms with van der Waals surface area (Å²) in [6.45, 7) is 4.22. The standard InChI is InChI=1S/C27H26N2/c1-2-7-21(8-3-1)22-13-15-24(16-14-22)27(29-19-17-28-18-20-29)26-12-6-10-23-9-4-5-11-25(23)26/h1-16,27-28H,17-20H2.